The van der Waals surface area contributed by atoms with E-state index in [9.17, 15) is 19.4 Å². The number of benzene rings is 2. The van der Waals surface area contributed by atoms with Gasteiger partial charge in [-0.1, -0.05) is 19.9 Å². The van der Waals surface area contributed by atoms with Crippen LogP contribution in [0.25, 0.3) is 22.0 Å². The average molecular weight is 408 g/mol. The van der Waals surface area contributed by atoms with Crippen molar-refractivity contribution in [1.29, 1.82) is 0 Å². The number of aliphatic carboxylic acids is 1. The lowest BCUT2D eigenvalue weighted by molar-refractivity contribution is -0.144. The molecular formula is C24H25FN2O3. The van der Waals surface area contributed by atoms with E-state index in [0.717, 1.165) is 22.1 Å². The third-order valence-electron chi connectivity index (χ3n) is 5.86. The number of anilines is 1. The fourth-order valence-electron chi connectivity index (χ4n) is 4.18. The van der Waals surface area contributed by atoms with Crippen molar-refractivity contribution >= 4 is 22.7 Å². The van der Waals surface area contributed by atoms with Crippen LogP contribution in [0.15, 0.2) is 36.4 Å². The van der Waals surface area contributed by atoms with E-state index in [1.54, 1.807) is 25.1 Å². The van der Waals surface area contributed by atoms with Crippen molar-refractivity contribution in [2.24, 2.45) is 5.92 Å². The SMILES string of the molecule is Cc1cc(-c2c(C(C)C)c(N[C@H]3C[C@@H](C(=O)O)C3)nc3cc(O)ccc23)ccc1F. The summed E-state index contributed by atoms with van der Waals surface area (Å²) in [7, 11) is 0. The van der Waals surface area contributed by atoms with E-state index in [2.05, 4.69) is 19.2 Å². The van der Waals surface area contributed by atoms with Gasteiger partial charge in [-0.25, -0.2) is 9.37 Å². The van der Waals surface area contributed by atoms with Gasteiger partial charge in [0, 0.05) is 23.1 Å². The summed E-state index contributed by atoms with van der Waals surface area (Å²) in [6.45, 7) is 5.90. The van der Waals surface area contributed by atoms with Crippen LogP contribution in [0.3, 0.4) is 0 Å². The molecule has 0 radical (unpaired) electrons. The molecule has 156 valence electrons. The van der Waals surface area contributed by atoms with Gasteiger partial charge in [-0.3, -0.25) is 4.79 Å². The summed E-state index contributed by atoms with van der Waals surface area (Å²) in [4.78, 5) is 15.9. The third-order valence-corrected chi connectivity index (χ3v) is 5.86. The van der Waals surface area contributed by atoms with Gasteiger partial charge in [-0.2, -0.15) is 0 Å². The van der Waals surface area contributed by atoms with Crippen LogP contribution in [0, 0.1) is 18.7 Å². The monoisotopic (exact) mass is 408 g/mol. The molecule has 1 aromatic heterocycles. The number of aryl methyl sites for hydroxylation is 1. The lowest BCUT2D eigenvalue weighted by Gasteiger charge is -2.34. The number of carboxylic acids is 1. The minimum Gasteiger partial charge on any atom is -0.508 e. The number of nitrogens with zero attached hydrogens (tertiary/aromatic N) is 1. The molecular weight excluding hydrogens is 383 g/mol. The van der Waals surface area contributed by atoms with Crippen LogP contribution in [0.2, 0.25) is 0 Å². The molecule has 30 heavy (non-hydrogen) atoms. The fraction of sp³-hybridized carbons (Fsp3) is 0.333. The first-order valence-corrected chi connectivity index (χ1v) is 10.2. The summed E-state index contributed by atoms with van der Waals surface area (Å²) in [6, 6.07) is 10.2. The molecule has 0 aliphatic heterocycles. The highest BCUT2D eigenvalue weighted by Crippen LogP contribution is 2.42. The molecule has 0 atom stereocenters. The lowest BCUT2D eigenvalue weighted by atomic mass is 9.80. The van der Waals surface area contributed by atoms with Gasteiger partial charge in [0.1, 0.15) is 17.4 Å². The van der Waals surface area contributed by atoms with Crippen molar-refractivity contribution in [3.63, 3.8) is 0 Å². The first-order chi connectivity index (χ1) is 14.2. The summed E-state index contributed by atoms with van der Waals surface area (Å²) >= 11 is 0. The van der Waals surface area contributed by atoms with Crippen molar-refractivity contribution in [2.45, 2.75) is 45.6 Å². The molecule has 0 bridgehead atoms. The summed E-state index contributed by atoms with van der Waals surface area (Å²) in [5.74, 6) is -0.421. The van der Waals surface area contributed by atoms with Gasteiger partial charge < -0.3 is 15.5 Å². The van der Waals surface area contributed by atoms with E-state index in [4.69, 9.17) is 4.98 Å². The van der Waals surface area contributed by atoms with Crippen molar-refractivity contribution in [3.05, 3.63) is 53.3 Å². The Morgan fingerprint density at radius 1 is 1.20 bits per heavy atom. The highest BCUT2D eigenvalue weighted by molar-refractivity contribution is 5.99. The minimum atomic E-state index is -0.768. The Hall–Kier alpha value is -3.15. The van der Waals surface area contributed by atoms with Crippen molar-refractivity contribution in [2.75, 3.05) is 5.32 Å². The number of aromatic nitrogens is 1. The quantitative estimate of drug-likeness (QED) is 0.523. The fourth-order valence-corrected chi connectivity index (χ4v) is 4.18. The molecule has 1 saturated carbocycles. The number of rotatable bonds is 5. The molecule has 1 heterocycles. The number of hydrogen-bond acceptors (Lipinski definition) is 4. The maximum Gasteiger partial charge on any atom is 0.306 e. The number of halogens is 1. The van der Waals surface area contributed by atoms with Gasteiger partial charge in [0.05, 0.1) is 11.4 Å². The molecule has 0 amide bonds. The Bertz CT molecular complexity index is 1140. The minimum absolute atomic E-state index is 0.0358. The highest BCUT2D eigenvalue weighted by Gasteiger charge is 2.35. The smallest absolute Gasteiger partial charge is 0.306 e. The molecule has 0 unspecified atom stereocenters. The van der Waals surface area contributed by atoms with Crippen LogP contribution < -0.4 is 5.32 Å². The molecule has 1 aliphatic rings. The molecule has 0 spiro atoms. The highest BCUT2D eigenvalue weighted by atomic mass is 19.1. The summed E-state index contributed by atoms with van der Waals surface area (Å²) in [5, 5.41) is 23.5. The van der Waals surface area contributed by atoms with Crippen LogP contribution in [0.5, 0.6) is 5.75 Å². The van der Waals surface area contributed by atoms with Crippen molar-refractivity contribution < 1.29 is 19.4 Å². The second-order valence-corrected chi connectivity index (χ2v) is 8.42. The van der Waals surface area contributed by atoms with E-state index in [1.165, 1.54) is 6.07 Å². The largest absolute Gasteiger partial charge is 0.508 e. The van der Waals surface area contributed by atoms with E-state index < -0.39 is 5.97 Å². The molecule has 0 saturated heterocycles. The number of aromatic hydroxyl groups is 1. The Balaban J connectivity index is 1.90. The molecule has 2 aromatic carbocycles. The standard InChI is InChI=1S/C24H25FN2O3/c1-12(2)21-22(14-4-7-19(25)13(3)8-14)18-6-5-17(28)11-20(18)27-23(21)26-16-9-15(10-16)24(29)30/h4-8,11-12,15-16,28H,9-10H2,1-3H3,(H,26,27)(H,29,30)/t15-,16+. The molecule has 4 rings (SSSR count). The first kappa shape index (κ1) is 20.1. The topological polar surface area (TPSA) is 82.5 Å². The van der Waals surface area contributed by atoms with Crippen molar-refractivity contribution in [1.82, 2.24) is 4.98 Å². The van der Waals surface area contributed by atoms with Gasteiger partial charge in [-0.05, 0) is 66.6 Å². The summed E-state index contributed by atoms with van der Waals surface area (Å²) < 4.78 is 13.9. The van der Waals surface area contributed by atoms with Crippen LogP contribution in [-0.4, -0.2) is 27.2 Å². The van der Waals surface area contributed by atoms with Crippen LogP contribution in [0.1, 0.15) is 43.7 Å². The third kappa shape index (κ3) is 3.58. The van der Waals surface area contributed by atoms with Crippen LogP contribution in [-0.2, 0) is 4.79 Å². The number of carboxylic acid groups (broad SMARTS) is 1. The molecule has 1 fully saturated rings. The predicted octanol–water partition coefficient (Wildman–Crippen LogP) is 5.45. The maximum absolute atomic E-state index is 13.9. The zero-order valence-electron chi connectivity index (χ0n) is 17.2. The van der Waals surface area contributed by atoms with E-state index in [0.29, 0.717) is 29.7 Å². The second-order valence-electron chi connectivity index (χ2n) is 8.42. The first-order valence-electron chi connectivity index (χ1n) is 10.2. The molecule has 3 N–H and O–H groups in total. The number of pyridine rings is 1. The zero-order valence-corrected chi connectivity index (χ0v) is 17.2. The maximum atomic E-state index is 13.9. The van der Waals surface area contributed by atoms with Gasteiger partial charge >= 0.3 is 5.97 Å². The van der Waals surface area contributed by atoms with E-state index in [1.807, 2.05) is 12.1 Å². The van der Waals surface area contributed by atoms with Gasteiger partial charge in [0.15, 0.2) is 0 Å². The molecule has 6 heteroatoms. The predicted molar refractivity (Wildman–Crippen MR) is 115 cm³/mol. The number of phenols is 1. The van der Waals surface area contributed by atoms with Gasteiger partial charge in [0.25, 0.3) is 0 Å². The number of phenolic OH excluding ortho intramolecular Hbond substituents is 1. The normalized spacial score (nSPS) is 18.4. The number of hydrogen-bond donors (Lipinski definition) is 3. The summed E-state index contributed by atoms with van der Waals surface area (Å²) in [6.07, 6.45) is 1.11. The van der Waals surface area contributed by atoms with Crippen molar-refractivity contribution in [3.8, 4) is 16.9 Å². The van der Waals surface area contributed by atoms with E-state index >= 15 is 0 Å². The lowest BCUT2D eigenvalue weighted by Crippen LogP contribution is -2.40. The number of fused-ring (bicyclic) bond motifs is 1. The molecule has 3 aromatic rings. The van der Waals surface area contributed by atoms with Crippen LogP contribution >= 0.6 is 0 Å². The van der Waals surface area contributed by atoms with Gasteiger partial charge in [-0.15, -0.1) is 0 Å². The Labute approximate surface area is 174 Å². The Morgan fingerprint density at radius 2 is 1.93 bits per heavy atom. The molecule has 1 aliphatic carbocycles. The number of nitrogens with one attached hydrogen (secondary N) is 1. The number of carbonyl (C=O) groups is 1. The molecule has 5 nitrogen and oxygen atoms in total. The van der Waals surface area contributed by atoms with Crippen LogP contribution in [0.4, 0.5) is 10.2 Å². The second kappa shape index (κ2) is 7.59. The summed E-state index contributed by atoms with van der Waals surface area (Å²) in [5.41, 5.74) is 4.03. The van der Waals surface area contributed by atoms with Gasteiger partial charge in [0.2, 0.25) is 0 Å². The zero-order chi connectivity index (χ0) is 21.6. The average Bonchev–Trinajstić information content (AvgIpc) is 2.64. The Morgan fingerprint density at radius 3 is 2.57 bits per heavy atom. The van der Waals surface area contributed by atoms with E-state index in [-0.39, 0.29) is 29.4 Å². The Kier molecular flexibility index (Phi) is 5.10.